The summed E-state index contributed by atoms with van der Waals surface area (Å²) in [5.74, 6) is 1.60. The highest BCUT2D eigenvalue weighted by molar-refractivity contribution is 8.08. The highest BCUT2D eigenvalue weighted by Crippen LogP contribution is 2.38. The van der Waals surface area contributed by atoms with Crippen LogP contribution in [-0.4, -0.2) is 44.2 Å². The normalized spacial score (nSPS) is 27.3. The van der Waals surface area contributed by atoms with Crippen LogP contribution < -0.4 is 4.74 Å². The lowest BCUT2D eigenvalue weighted by Crippen LogP contribution is -2.33. The van der Waals surface area contributed by atoms with Gasteiger partial charge in [0.15, 0.2) is 11.5 Å². The first-order valence-corrected chi connectivity index (χ1v) is 8.48. The van der Waals surface area contributed by atoms with Gasteiger partial charge in [0.05, 0.1) is 18.6 Å². The number of carbonyl (C=O) groups excluding carboxylic acids is 1. The van der Waals surface area contributed by atoms with Gasteiger partial charge in [-0.05, 0) is 6.92 Å². The summed E-state index contributed by atoms with van der Waals surface area (Å²) in [6.07, 6.45) is 1.63. The van der Waals surface area contributed by atoms with Gasteiger partial charge in [0.1, 0.15) is 5.69 Å². The molecule has 3 atom stereocenters. The van der Waals surface area contributed by atoms with E-state index >= 15 is 0 Å². The molecule has 106 valence electrons. The van der Waals surface area contributed by atoms with Crippen molar-refractivity contribution in [2.24, 2.45) is 0 Å². The van der Waals surface area contributed by atoms with Gasteiger partial charge in [0, 0.05) is 22.8 Å². The van der Waals surface area contributed by atoms with Crippen molar-refractivity contribution >= 4 is 29.3 Å². The standard InChI is InChI=1S/C13H20N2O2S2/c1-5-15-12(10(17-4)6-14-15)13(16)11-7-18-8(2)9(3)19-11/h6,8-9,11H,5,7H2,1-4H3. The zero-order valence-corrected chi connectivity index (χ0v) is 13.4. The number of thioether (sulfide) groups is 2. The Kier molecular flexibility index (Phi) is 4.84. The number of nitrogens with zero attached hydrogens (tertiary/aromatic N) is 2. The Morgan fingerprint density at radius 2 is 2.26 bits per heavy atom. The predicted molar refractivity (Wildman–Crippen MR) is 81.5 cm³/mol. The zero-order valence-electron chi connectivity index (χ0n) is 11.8. The van der Waals surface area contributed by atoms with Gasteiger partial charge in [-0.1, -0.05) is 13.8 Å². The smallest absolute Gasteiger partial charge is 0.198 e. The number of Topliss-reactive ketones (excluding diaryl/α,β-unsaturated/α-hetero) is 1. The van der Waals surface area contributed by atoms with Crippen LogP contribution in [0.2, 0.25) is 0 Å². The van der Waals surface area contributed by atoms with Crippen LogP contribution >= 0.6 is 23.5 Å². The number of hydrogen-bond acceptors (Lipinski definition) is 5. The quantitative estimate of drug-likeness (QED) is 0.800. The first-order chi connectivity index (χ1) is 9.08. The number of methoxy groups -OCH3 is 1. The van der Waals surface area contributed by atoms with Crippen molar-refractivity contribution in [3.05, 3.63) is 11.9 Å². The number of rotatable bonds is 4. The highest BCUT2D eigenvalue weighted by Gasteiger charge is 2.33. The number of aromatic nitrogens is 2. The molecule has 19 heavy (non-hydrogen) atoms. The lowest BCUT2D eigenvalue weighted by Gasteiger charge is -2.30. The SMILES string of the molecule is CCn1ncc(OC)c1C(=O)C1CSC(C)C(C)S1. The average Bonchev–Trinajstić information content (AvgIpc) is 2.83. The minimum absolute atomic E-state index is 0.00657. The minimum Gasteiger partial charge on any atom is -0.493 e. The molecule has 0 radical (unpaired) electrons. The highest BCUT2D eigenvalue weighted by atomic mass is 32.2. The van der Waals surface area contributed by atoms with Crippen molar-refractivity contribution in [2.45, 2.75) is 43.1 Å². The van der Waals surface area contributed by atoms with E-state index in [0.717, 1.165) is 5.75 Å². The molecule has 1 aliphatic rings. The molecule has 2 rings (SSSR count). The molecule has 3 unspecified atom stereocenters. The third kappa shape index (κ3) is 2.94. The zero-order chi connectivity index (χ0) is 14.0. The molecule has 2 heterocycles. The van der Waals surface area contributed by atoms with Crippen molar-refractivity contribution in [3.63, 3.8) is 0 Å². The lowest BCUT2D eigenvalue weighted by molar-refractivity contribution is 0.0981. The van der Waals surface area contributed by atoms with Crippen LogP contribution in [0.3, 0.4) is 0 Å². The summed E-state index contributed by atoms with van der Waals surface area (Å²) in [6, 6.07) is 0. The van der Waals surface area contributed by atoms with E-state index in [0.29, 0.717) is 28.5 Å². The fourth-order valence-electron chi connectivity index (χ4n) is 2.08. The van der Waals surface area contributed by atoms with E-state index in [1.165, 1.54) is 0 Å². The number of hydrogen-bond donors (Lipinski definition) is 0. The Balaban J connectivity index is 2.22. The summed E-state index contributed by atoms with van der Waals surface area (Å²) in [5, 5.41) is 5.32. The number of ether oxygens (including phenoxy) is 1. The van der Waals surface area contributed by atoms with E-state index in [-0.39, 0.29) is 11.0 Å². The van der Waals surface area contributed by atoms with Gasteiger partial charge < -0.3 is 4.74 Å². The summed E-state index contributed by atoms with van der Waals surface area (Å²) < 4.78 is 7.00. The summed E-state index contributed by atoms with van der Waals surface area (Å²) >= 11 is 3.65. The third-order valence-corrected chi connectivity index (χ3v) is 6.79. The molecule has 0 N–H and O–H groups in total. The Bertz CT molecular complexity index is 440. The van der Waals surface area contributed by atoms with Crippen molar-refractivity contribution in [1.29, 1.82) is 0 Å². The maximum atomic E-state index is 12.7. The molecule has 1 fully saturated rings. The molecule has 1 aliphatic heterocycles. The summed E-state index contributed by atoms with van der Waals surface area (Å²) in [6.45, 7) is 7.08. The second-order valence-corrected chi connectivity index (χ2v) is 7.60. The van der Waals surface area contributed by atoms with E-state index in [1.807, 2.05) is 18.7 Å². The molecule has 1 saturated heterocycles. The molecule has 6 heteroatoms. The Morgan fingerprint density at radius 3 is 2.84 bits per heavy atom. The van der Waals surface area contributed by atoms with Crippen LogP contribution in [0.5, 0.6) is 5.75 Å². The Hall–Kier alpha value is -0.620. The van der Waals surface area contributed by atoms with Gasteiger partial charge in [0.25, 0.3) is 0 Å². The van der Waals surface area contributed by atoms with Crippen LogP contribution in [0.15, 0.2) is 6.20 Å². The maximum absolute atomic E-state index is 12.7. The maximum Gasteiger partial charge on any atom is 0.198 e. The number of aryl methyl sites for hydroxylation is 1. The van der Waals surface area contributed by atoms with E-state index in [1.54, 1.807) is 29.8 Å². The molecule has 1 aromatic heterocycles. The second-order valence-electron chi connectivity index (χ2n) is 4.61. The molecule has 0 aliphatic carbocycles. The van der Waals surface area contributed by atoms with Gasteiger partial charge in [0.2, 0.25) is 0 Å². The van der Waals surface area contributed by atoms with Crippen LogP contribution in [-0.2, 0) is 6.54 Å². The van der Waals surface area contributed by atoms with Crippen molar-refractivity contribution < 1.29 is 9.53 Å². The molecular formula is C13H20N2O2S2. The second kappa shape index (κ2) is 6.22. The topological polar surface area (TPSA) is 44.1 Å². The van der Waals surface area contributed by atoms with Crippen molar-refractivity contribution in [1.82, 2.24) is 9.78 Å². The fourth-order valence-corrected chi connectivity index (χ4v) is 4.93. The van der Waals surface area contributed by atoms with E-state index in [9.17, 15) is 4.79 Å². The van der Waals surface area contributed by atoms with E-state index in [2.05, 4.69) is 18.9 Å². The van der Waals surface area contributed by atoms with Crippen molar-refractivity contribution in [3.8, 4) is 5.75 Å². The van der Waals surface area contributed by atoms with Crippen molar-refractivity contribution in [2.75, 3.05) is 12.9 Å². The first kappa shape index (κ1) is 14.8. The largest absolute Gasteiger partial charge is 0.493 e. The molecule has 0 amide bonds. The predicted octanol–water partition coefficient (Wildman–Crippen LogP) is 2.72. The average molecular weight is 300 g/mol. The Morgan fingerprint density at radius 1 is 1.53 bits per heavy atom. The monoisotopic (exact) mass is 300 g/mol. The number of carbonyl (C=O) groups is 1. The molecule has 0 aromatic carbocycles. The van der Waals surface area contributed by atoms with Crippen LogP contribution in [0.25, 0.3) is 0 Å². The molecule has 0 spiro atoms. The number of ketones is 1. The molecule has 4 nitrogen and oxygen atoms in total. The van der Waals surface area contributed by atoms with Crippen LogP contribution in [0.4, 0.5) is 0 Å². The Labute approximate surface area is 122 Å². The van der Waals surface area contributed by atoms with Crippen LogP contribution in [0.1, 0.15) is 31.3 Å². The van der Waals surface area contributed by atoms with Gasteiger partial charge in [-0.15, -0.1) is 11.8 Å². The minimum atomic E-state index is 0.00657. The van der Waals surface area contributed by atoms with Crippen LogP contribution in [0, 0.1) is 0 Å². The first-order valence-electron chi connectivity index (χ1n) is 6.49. The summed E-state index contributed by atoms with van der Waals surface area (Å²) in [4.78, 5) is 12.7. The molecule has 0 saturated carbocycles. The molecule has 1 aromatic rings. The fraction of sp³-hybridized carbons (Fsp3) is 0.692. The summed E-state index contributed by atoms with van der Waals surface area (Å²) in [5.41, 5.74) is 0.616. The van der Waals surface area contributed by atoms with Gasteiger partial charge in [-0.3, -0.25) is 9.48 Å². The van der Waals surface area contributed by atoms with Gasteiger partial charge in [-0.25, -0.2) is 0 Å². The van der Waals surface area contributed by atoms with E-state index in [4.69, 9.17) is 4.74 Å². The lowest BCUT2D eigenvalue weighted by atomic mass is 10.2. The van der Waals surface area contributed by atoms with Gasteiger partial charge in [-0.2, -0.15) is 16.9 Å². The molecular weight excluding hydrogens is 280 g/mol. The van der Waals surface area contributed by atoms with E-state index < -0.39 is 0 Å². The third-order valence-electron chi connectivity index (χ3n) is 3.40. The molecule has 0 bridgehead atoms. The van der Waals surface area contributed by atoms with Gasteiger partial charge >= 0.3 is 0 Å². The summed E-state index contributed by atoms with van der Waals surface area (Å²) in [7, 11) is 1.58.